The molecule has 0 radical (unpaired) electrons. The van der Waals surface area contributed by atoms with Crippen molar-refractivity contribution in [2.24, 2.45) is 0 Å². The average Bonchev–Trinajstić information content (AvgIpc) is 2.42. The Kier molecular flexibility index (Phi) is 3.60. The zero-order valence-electron chi connectivity index (χ0n) is 9.91. The van der Waals surface area contributed by atoms with Gasteiger partial charge in [-0.3, -0.25) is 10.0 Å². The number of allylic oxidation sites excluding steroid dienone is 4. The molecule has 4 nitrogen and oxygen atoms in total. The molecule has 0 aliphatic heterocycles. The van der Waals surface area contributed by atoms with Crippen LogP contribution in [0.1, 0.15) is 0 Å². The second kappa shape index (κ2) is 5.33. The first-order valence-electron chi connectivity index (χ1n) is 5.44. The van der Waals surface area contributed by atoms with E-state index in [0.29, 0.717) is 17.0 Å². The molecule has 2 rings (SSSR count). The summed E-state index contributed by atoms with van der Waals surface area (Å²) in [7, 11) is 1.53. The minimum Gasteiger partial charge on any atom is -0.497 e. The molecule has 4 heteroatoms. The predicted molar refractivity (Wildman–Crippen MR) is 68.0 cm³/mol. The number of benzene rings is 1. The van der Waals surface area contributed by atoms with E-state index in [9.17, 15) is 10.0 Å². The largest absolute Gasteiger partial charge is 0.497 e. The molecule has 18 heavy (non-hydrogen) atoms. The first-order chi connectivity index (χ1) is 8.70. The molecule has 0 saturated carbocycles. The van der Waals surface area contributed by atoms with Crippen LogP contribution in [0.4, 0.5) is 5.69 Å². The van der Waals surface area contributed by atoms with Crippen molar-refractivity contribution in [2.45, 2.75) is 0 Å². The van der Waals surface area contributed by atoms with Gasteiger partial charge in [0.25, 0.3) is 0 Å². The van der Waals surface area contributed by atoms with Crippen molar-refractivity contribution in [3.8, 4) is 0 Å². The number of hydrogen-bond acceptors (Lipinski definition) is 4. The minimum atomic E-state index is -0.175. The Morgan fingerprint density at radius 1 is 1.22 bits per heavy atom. The van der Waals surface area contributed by atoms with Gasteiger partial charge in [-0.2, -0.15) is 0 Å². The lowest BCUT2D eigenvalue weighted by Crippen LogP contribution is -2.13. The van der Waals surface area contributed by atoms with Crippen molar-refractivity contribution < 1.29 is 14.7 Å². The van der Waals surface area contributed by atoms with Gasteiger partial charge in [-0.05, 0) is 30.4 Å². The molecule has 0 saturated heterocycles. The summed E-state index contributed by atoms with van der Waals surface area (Å²) in [5, 5.41) is 10.8. The van der Waals surface area contributed by atoms with Crippen LogP contribution in [0.2, 0.25) is 0 Å². The van der Waals surface area contributed by atoms with Crippen LogP contribution in [0.25, 0.3) is 0 Å². The molecule has 0 heterocycles. The maximum atomic E-state index is 11.6. The van der Waals surface area contributed by atoms with Gasteiger partial charge >= 0.3 is 0 Å². The lowest BCUT2D eigenvalue weighted by atomic mass is 10.1. The predicted octanol–water partition coefficient (Wildman–Crippen LogP) is 2.44. The van der Waals surface area contributed by atoms with Crippen LogP contribution in [-0.4, -0.2) is 18.1 Å². The van der Waals surface area contributed by atoms with E-state index < -0.39 is 0 Å². The van der Waals surface area contributed by atoms with Gasteiger partial charge in [-0.25, -0.2) is 5.06 Å². The second-order valence-corrected chi connectivity index (χ2v) is 3.71. The van der Waals surface area contributed by atoms with Gasteiger partial charge in [-0.15, -0.1) is 0 Å². The van der Waals surface area contributed by atoms with Crippen molar-refractivity contribution in [2.75, 3.05) is 12.2 Å². The van der Waals surface area contributed by atoms with Crippen LogP contribution >= 0.6 is 0 Å². The van der Waals surface area contributed by atoms with E-state index in [0.717, 1.165) is 5.06 Å². The van der Waals surface area contributed by atoms with Crippen molar-refractivity contribution >= 4 is 11.5 Å². The Morgan fingerprint density at radius 3 is 2.61 bits per heavy atom. The number of para-hydroxylation sites is 1. The topological polar surface area (TPSA) is 49.8 Å². The fraction of sp³-hybridized carbons (Fsp3) is 0.0714. The van der Waals surface area contributed by atoms with Crippen molar-refractivity contribution in [3.05, 3.63) is 66.1 Å². The van der Waals surface area contributed by atoms with Crippen molar-refractivity contribution in [1.29, 1.82) is 0 Å². The van der Waals surface area contributed by atoms with Gasteiger partial charge in [0.2, 0.25) is 0 Å². The van der Waals surface area contributed by atoms with Crippen molar-refractivity contribution in [1.82, 2.24) is 0 Å². The summed E-state index contributed by atoms with van der Waals surface area (Å²) in [5.74, 6) is 0.396. The average molecular weight is 243 g/mol. The van der Waals surface area contributed by atoms with Crippen LogP contribution in [0, 0.1) is 0 Å². The first-order valence-corrected chi connectivity index (χ1v) is 5.44. The Balaban J connectivity index is 2.25. The summed E-state index contributed by atoms with van der Waals surface area (Å²) in [6.07, 6.45) is 5.93. The Hall–Kier alpha value is -2.33. The van der Waals surface area contributed by atoms with E-state index >= 15 is 0 Å². The van der Waals surface area contributed by atoms with Crippen LogP contribution in [-0.2, 0) is 9.53 Å². The highest BCUT2D eigenvalue weighted by Gasteiger charge is 2.12. The molecule has 0 unspecified atom stereocenters. The van der Waals surface area contributed by atoms with E-state index in [4.69, 9.17) is 4.74 Å². The molecular weight excluding hydrogens is 230 g/mol. The van der Waals surface area contributed by atoms with Gasteiger partial charge in [-0.1, -0.05) is 18.2 Å². The molecular formula is C14H13NO3. The SMILES string of the molecule is COC1=C/C(=C\N(O)c2ccccc2)C(=O)C=C1. The number of carbonyl (C=O) groups excluding carboxylic acids is 1. The molecule has 0 fully saturated rings. The van der Waals surface area contributed by atoms with Gasteiger partial charge in [0, 0.05) is 11.8 Å². The number of carbonyl (C=O) groups is 1. The second-order valence-electron chi connectivity index (χ2n) is 3.71. The zero-order valence-corrected chi connectivity index (χ0v) is 9.91. The molecule has 1 aliphatic rings. The van der Waals surface area contributed by atoms with Crippen molar-refractivity contribution in [3.63, 3.8) is 0 Å². The van der Waals surface area contributed by atoms with Crippen LogP contribution in [0.3, 0.4) is 0 Å². The third-order valence-electron chi connectivity index (χ3n) is 2.50. The number of ether oxygens (including phenoxy) is 1. The maximum absolute atomic E-state index is 11.6. The van der Waals surface area contributed by atoms with E-state index in [2.05, 4.69) is 0 Å². The third-order valence-corrected chi connectivity index (χ3v) is 2.50. The normalized spacial score (nSPS) is 16.7. The van der Waals surface area contributed by atoms with E-state index in [1.54, 1.807) is 36.4 Å². The molecule has 0 aromatic heterocycles. The number of ketones is 1. The van der Waals surface area contributed by atoms with Crippen LogP contribution in [0.5, 0.6) is 0 Å². The molecule has 1 aromatic carbocycles. The number of anilines is 1. The highest BCUT2D eigenvalue weighted by Crippen LogP contribution is 2.17. The molecule has 0 spiro atoms. The molecule has 1 N–H and O–H groups in total. The standard InChI is InChI=1S/C14H13NO3/c1-18-13-7-8-14(16)11(9-13)10-15(17)12-5-3-2-4-6-12/h2-10,17H,1H3/b11-10+. The highest BCUT2D eigenvalue weighted by molar-refractivity contribution is 6.07. The Morgan fingerprint density at radius 2 is 1.94 bits per heavy atom. The summed E-state index contributed by atoms with van der Waals surface area (Å²) < 4.78 is 5.04. The van der Waals surface area contributed by atoms with Crippen LogP contribution in [0.15, 0.2) is 66.1 Å². The molecule has 0 amide bonds. The molecule has 0 bridgehead atoms. The number of nitrogens with zero attached hydrogens (tertiary/aromatic N) is 1. The van der Waals surface area contributed by atoms with Gasteiger partial charge in [0.1, 0.15) is 5.76 Å². The smallest absolute Gasteiger partial charge is 0.187 e. The van der Waals surface area contributed by atoms with Gasteiger partial charge in [0.15, 0.2) is 5.78 Å². The fourth-order valence-corrected chi connectivity index (χ4v) is 1.54. The number of hydroxylamine groups is 1. The number of rotatable bonds is 3. The lowest BCUT2D eigenvalue weighted by Gasteiger charge is -2.14. The lowest BCUT2D eigenvalue weighted by molar-refractivity contribution is -0.111. The summed E-state index contributed by atoms with van der Waals surface area (Å²) in [4.78, 5) is 11.6. The highest BCUT2D eigenvalue weighted by atomic mass is 16.5. The fourth-order valence-electron chi connectivity index (χ4n) is 1.54. The molecule has 92 valence electrons. The van der Waals surface area contributed by atoms with E-state index in [1.165, 1.54) is 19.4 Å². The number of methoxy groups -OCH3 is 1. The number of hydrogen-bond donors (Lipinski definition) is 1. The minimum absolute atomic E-state index is 0.175. The third kappa shape index (κ3) is 2.67. The van der Waals surface area contributed by atoms with Gasteiger partial charge in [0.05, 0.1) is 12.8 Å². The molecule has 0 atom stereocenters. The Labute approximate surface area is 105 Å². The van der Waals surface area contributed by atoms with Crippen LogP contribution < -0.4 is 5.06 Å². The summed E-state index contributed by atoms with van der Waals surface area (Å²) in [6, 6.07) is 8.93. The van der Waals surface area contributed by atoms with E-state index in [1.807, 2.05) is 6.07 Å². The summed E-state index contributed by atoms with van der Waals surface area (Å²) >= 11 is 0. The monoisotopic (exact) mass is 243 g/mol. The first kappa shape index (κ1) is 12.1. The van der Waals surface area contributed by atoms with Gasteiger partial charge < -0.3 is 4.74 Å². The maximum Gasteiger partial charge on any atom is 0.187 e. The molecule has 1 aliphatic carbocycles. The quantitative estimate of drug-likeness (QED) is 0.654. The zero-order chi connectivity index (χ0) is 13.0. The summed E-state index contributed by atoms with van der Waals surface area (Å²) in [6.45, 7) is 0. The van der Waals surface area contributed by atoms with E-state index in [-0.39, 0.29) is 5.78 Å². The Bertz CT molecular complexity index is 529. The molecule has 1 aromatic rings. The summed E-state index contributed by atoms with van der Waals surface area (Å²) in [5.41, 5.74) is 0.945.